The van der Waals surface area contributed by atoms with Crippen molar-refractivity contribution in [3.05, 3.63) is 110 Å². The number of hydrogen-bond acceptors (Lipinski definition) is 11. The minimum absolute atomic E-state index is 0.0984. The number of benzene rings is 2. The fourth-order valence-corrected chi connectivity index (χ4v) is 8.34. The number of ketones is 2. The summed E-state index contributed by atoms with van der Waals surface area (Å²) in [5.41, 5.74) is 8.26. The van der Waals surface area contributed by atoms with E-state index in [1.807, 2.05) is 49.4 Å². The molecule has 0 fully saturated rings. The maximum absolute atomic E-state index is 13.3. The molecule has 0 unspecified atom stereocenters. The van der Waals surface area contributed by atoms with E-state index in [9.17, 15) is 9.59 Å². The van der Waals surface area contributed by atoms with Crippen LogP contribution in [0.2, 0.25) is 5.02 Å². The summed E-state index contributed by atoms with van der Waals surface area (Å²) >= 11 is 7.92. The molecule has 0 radical (unpaired) electrons. The fourth-order valence-electron chi connectivity index (χ4n) is 7.00. The smallest absolute Gasteiger partial charge is 0.163 e. The minimum Gasteiger partial charge on any atom is -0.379 e. The lowest BCUT2D eigenvalue weighted by molar-refractivity contribution is -0.120. The van der Waals surface area contributed by atoms with Crippen molar-refractivity contribution >= 4 is 46.0 Å². The van der Waals surface area contributed by atoms with Gasteiger partial charge in [0.2, 0.25) is 0 Å². The molecule has 11 nitrogen and oxygen atoms in total. The molecule has 286 valence electrons. The van der Waals surface area contributed by atoms with Gasteiger partial charge in [-0.1, -0.05) is 41.9 Å². The van der Waals surface area contributed by atoms with Gasteiger partial charge in [-0.05, 0) is 73.7 Å². The average Bonchev–Trinajstić information content (AvgIpc) is 3.81. The number of aliphatic imine (C=N–C) groups is 1. The molecule has 2 aromatic carbocycles. The first-order valence-corrected chi connectivity index (χ1v) is 19.9. The molecule has 0 bridgehead atoms. The van der Waals surface area contributed by atoms with Crippen LogP contribution < -0.4 is 5.32 Å². The molecule has 2 aliphatic rings. The van der Waals surface area contributed by atoms with Crippen molar-refractivity contribution in [3.8, 4) is 16.1 Å². The molecule has 0 spiro atoms. The number of hydrogen-bond donors (Lipinski definition) is 1. The van der Waals surface area contributed by atoms with Gasteiger partial charge in [0.05, 0.1) is 38.7 Å². The molecule has 7 rings (SSSR count). The molecule has 1 N–H and O–H groups in total. The van der Waals surface area contributed by atoms with E-state index in [0.717, 1.165) is 61.3 Å². The first-order valence-electron chi connectivity index (χ1n) is 18.7. The van der Waals surface area contributed by atoms with Crippen molar-refractivity contribution in [3.63, 3.8) is 0 Å². The van der Waals surface area contributed by atoms with Crippen molar-refractivity contribution in [1.29, 1.82) is 0 Å². The summed E-state index contributed by atoms with van der Waals surface area (Å²) < 4.78 is 19.2. The second-order valence-corrected chi connectivity index (χ2v) is 15.4. The van der Waals surface area contributed by atoms with Gasteiger partial charge in [-0.15, -0.1) is 21.5 Å². The summed E-state index contributed by atoms with van der Waals surface area (Å²) in [6.45, 7) is 9.54. The Bertz CT molecular complexity index is 2200. The highest BCUT2D eigenvalue weighted by Crippen LogP contribution is 2.40. The average molecular weight is 781 g/mol. The lowest BCUT2D eigenvalue weighted by Crippen LogP contribution is -2.15. The fraction of sp³-hybridized carbons (Fsp3) is 0.381. The first kappa shape index (κ1) is 38.7. The SMILES string of the molecule is Cc1sc2c(c1C)C(c1ccc(Cl)cc1)=N[C@@H](CC(=O)CCCOCCOCCOCCNc1ncccc1-c1ccc3c(c1)CC(=O)C3)c1nnc(C)n1-2. The number of thiophene rings is 1. The molecule has 1 aliphatic heterocycles. The van der Waals surface area contributed by atoms with Crippen LogP contribution in [-0.4, -0.2) is 83.2 Å². The van der Waals surface area contributed by atoms with Gasteiger partial charge in [-0.2, -0.15) is 0 Å². The molecule has 3 aromatic heterocycles. The molecule has 0 saturated heterocycles. The van der Waals surface area contributed by atoms with Gasteiger partial charge in [0, 0.05) is 71.6 Å². The van der Waals surface area contributed by atoms with Crippen molar-refractivity contribution in [2.75, 3.05) is 51.5 Å². The third kappa shape index (κ3) is 9.11. The summed E-state index contributed by atoms with van der Waals surface area (Å²) in [6, 6.07) is 17.4. The highest BCUT2D eigenvalue weighted by Gasteiger charge is 2.32. The van der Waals surface area contributed by atoms with Crippen LogP contribution in [0.4, 0.5) is 5.82 Å². The van der Waals surface area contributed by atoms with Crippen molar-refractivity contribution < 1.29 is 23.8 Å². The lowest BCUT2D eigenvalue weighted by Gasteiger charge is -2.13. The highest BCUT2D eigenvalue weighted by atomic mass is 35.5. The number of aromatic nitrogens is 4. The summed E-state index contributed by atoms with van der Waals surface area (Å²) in [5, 5.41) is 13.9. The number of carbonyl (C=O) groups excluding carboxylic acids is 2. The highest BCUT2D eigenvalue weighted by molar-refractivity contribution is 7.15. The summed E-state index contributed by atoms with van der Waals surface area (Å²) in [6.07, 6.45) is 4.01. The van der Waals surface area contributed by atoms with Crippen LogP contribution in [0.5, 0.6) is 0 Å². The minimum atomic E-state index is -0.470. The lowest BCUT2D eigenvalue weighted by atomic mass is 9.99. The van der Waals surface area contributed by atoms with E-state index in [4.69, 9.17) is 30.8 Å². The number of anilines is 1. The van der Waals surface area contributed by atoms with E-state index in [-0.39, 0.29) is 18.0 Å². The van der Waals surface area contributed by atoms with E-state index < -0.39 is 6.04 Å². The maximum atomic E-state index is 13.3. The molecule has 55 heavy (non-hydrogen) atoms. The number of rotatable bonds is 18. The van der Waals surface area contributed by atoms with Gasteiger partial charge < -0.3 is 19.5 Å². The zero-order valence-corrected chi connectivity index (χ0v) is 33.0. The van der Waals surface area contributed by atoms with Crippen LogP contribution in [-0.2, 0) is 36.6 Å². The molecular weight excluding hydrogens is 736 g/mol. The molecule has 0 saturated carbocycles. The zero-order chi connectivity index (χ0) is 38.3. The zero-order valence-electron chi connectivity index (χ0n) is 31.4. The van der Waals surface area contributed by atoms with Gasteiger partial charge in [0.25, 0.3) is 0 Å². The molecule has 5 aromatic rings. The van der Waals surface area contributed by atoms with Gasteiger partial charge in [-0.3, -0.25) is 19.1 Å². The van der Waals surface area contributed by atoms with Crippen LogP contribution >= 0.6 is 22.9 Å². The molecule has 13 heteroatoms. The monoisotopic (exact) mass is 780 g/mol. The molecule has 4 heterocycles. The second kappa shape index (κ2) is 17.9. The van der Waals surface area contributed by atoms with E-state index in [2.05, 4.69) is 51.0 Å². The Morgan fingerprint density at radius 2 is 1.64 bits per heavy atom. The standard InChI is InChI=1S/C42H45ClN6O5S/c1-26-27(2)55-42-38(26)39(29-10-12-33(43)13-11-29)46-37(41-48-47-28(3)49(41)42)25-34(50)6-5-16-52-18-20-54-21-19-53-17-15-45-40-36(7-4-14-44-40)31-9-8-30-23-35(51)24-32(30)22-31/h4,7-14,22,37H,5-6,15-21,23-25H2,1-3H3,(H,44,45)/t37-/m0/s1. The van der Waals surface area contributed by atoms with Crippen molar-refractivity contribution in [1.82, 2.24) is 19.7 Å². The Morgan fingerprint density at radius 3 is 2.44 bits per heavy atom. The number of Topliss-reactive ketones (excluding diaryl/α,β-unsaturated/α-hetero) is 2. The van der Waals surface area contributed by atoms with Crippen molar-refractivity contribution in [2.45, 2.75) is 58.9 Å². The van der Waals surface area contributed by atoms with E-state index >= 15 is 0 Å². The van der Waals surface area contributed by atoms with E-state index in [1.165, 1.54) is 4.88 Å². The van der Waals surface area contributed by atoms with Crippen molar-refractivity contribution in [2.24, 2.45) is 4.99 Å². The number of ether oxygens (including phenoxy) is 3. The Hall–Kier alpha value is -4.59. The number of nitrogens with one attached hydrogen (secondary N) is 1. The summed E-state index contributed by atoms with van der Waals surface area (Å²) in [7, 11) is 0. The van der Waals surface area contributed by atoms with Gasteiger partial charge >= 0.3 is 0 Å². The summed E-state index contributed by atoms with van der Waals surface area (Å²) in [4.78, 5) is 36.1. The number of fused-ring (bicyclic) bond motifs is 4. The van der Waals surface area contributed by atoms with Gasteiger partial charge in [0.1, 0.15) is 34.3 Å². The molecular formula is C42H45ClN6O5S. The van der Waals surface area contributed by atoms with Gasteiger partial charge in [0.15, 0.2) is 5.82 Å². The van der Waals surface area contributed by atoms with E-state index in [1.54, 1.807) is 17.5 Å². The maximum Gasteiger partial charge on any atom is 0.163 e. The third-order valence-electron chi connectivity index (χ3n) is 9.91. The van der Waals surface area contributed by atoms with Crippen LogP contribution in [0.25, 0.3) is 16.1 Å². The van der Waals surface area contributed by atoms with Crippen LogP contribution in [0, 0.1) is 20.8 Å². The number of aryl methyl sites for hydroxylation is 2. The first-order chi connectivity index (χ1) is 26.8. The van der Waals surface area contributed by atoms with Crippen LogP contribution in [0.1, 0.15) is 69.6 Å². The molecule has 1 aliphatic carbocycles. The van der Waals surface area contributed by atoms with Gasteiger partial charge in [-0.25, -0.2) is 4.98 Å². The Kier molecular flexibility index (Phi) is 12.6. The second-order valence-electron chi connectivity index (χ2n) is 13.8. The number of nitrogens with zero attached hydrogens (tertiary/aromatic N) is 5. The predicted octanol–water partition coefficient (Wildman–Crippen LogP) is 7.43. The molecule has 0 amide bonds. The third-order valence-corrected chi connectivity index (χ3v) is 11.3. The Labute approximate surface area is 330 Å². The quantitative estimate of drug-likeness (QED) is 0.0903. The number of pyridine rings is 1. The van der Waals surface area contributed by atoms with Crippen LogP contribution in [0.3, 0.4) is 0 Å². The van der Waals surface area contributed by atoms with E-state index in [0.29, 0.717) is 82.7 Å². The summed E-state index contributed by atoms with van der Waals surface area (Å²) in [5.74, 6) is 2.60. The largest absolute Gasteiger partial charge is 0.379 e. The predicted molar refractivity (Wildman–Crippen MR) is 215 cm³/mol. The van der Waals surface area contributed by atoms with Crippen LogP contribution in [0.15, 0.2) is 65.8 Å². The topological polar surface area (TPSA) is 130 Å². The number of halogens is 1. The Morgan fingerprint density at radius 1 is 0.909 bits per heavy atom. The molecule has 1 atom stereocenters. The number of carbonyl (C=O) groups is 2. The Balaban J connectivity index is 0.802. The normalized spacial score (nSPS) is 14.7.